The molecular weight excluding hydrogens is 361 g/mol. The van der Waals surface area contributed by atoms with Crippen LogP contribution in [-0.4, -0.2) is 24.1 Å². The highest BCUT2D eigenvalue weighted by Gasteiger charge is 2.14. The monoisotopic (exact) mass is 381 g/mol. The van der Waals surface area contributed by atoms with Crippen molar-refractivity contribution in [3.05, 3.63) is 83.9 Å². The van der Waals surface area contributed by atoms with E-state index in [9.17, 15) is 9.18 Å². The first-order chi connectivity index (χ1) is 13.6. The minimum atomic E-state index is -0.655. The Kier molecular flexibility index (Phi) is 6.54. The van der Waals surface area contributed by atoms with Crippen LogP contribution in [0.1, 0.15) is 15.9 Å². The van der Waals surface area contributed by atoms with Crippen LogP contribution in [0.25, 0.3) is 0 Å². The molecule has 0 saturated carbocycles. The Labute approximate surface area is 162 Å². The highest BCUT2D eigenvalue weighted by molar-refractivity contribution is 6.06. The second kappa shape index (κ2) is 9.48. The number of ether oxygens (including phenoxy) is 2. The fraction of sp³-hybridized carbons (Fsp3) is 0.143. The number of pyridine rings is 1. The number of aromatic nitrogens is 1. The van der Waals surface area contributed by atoms with Crippen molar-refractivity contribution in [2.75, 3.05) is 24.3 Å². The van der Waals surface area contributed by atoms with Crippen molar-refractivity contribution in [1.82, 2.24) is 4.98 Å². The third-order valence-corrected chi connectivity index (χ3v) is 3.89. The Morgan fingerprint density at radius 3 is 2.71 bits per heavy atom. The van der Waals surface area contributed by atoms with Crippen molar-refractivity contribution in [3.8, 4) is 5.75 Å². The maximum atomic E-state index is 14.1. The summed E-state index contributed by atoms with van der Waals surface area (Å²) in [5.41, 5.74) is 7.32. The lowest BCUT2D eigenvalue weighted by atomic mass is 10.2. The van der Waals surface area contributed by atoms with Gasteiger partial charge in [0.15, 0.2) is 0 Å². The van der Waals surface area contributed by atoms with E-state index in [4.69, 9.17) is 15.2 Å². The summed E-state index contributed by atoms with van der Waals surface area (Å²) in [7, 11) is 0. The zero-order valence-electron chi connectivity index (χ0n) is 15.1. The lowest BCUT2D eigenvalue weighted by Crippen LogP contribution is -2.15. The Bertz CT molecular complexity index is 935. The molecule has 0 fully saturated rings. The predicted molar refractivity (Wildman–Crippen MR) is 105 cm³/mol. The molecule has 0 unspecified atom stereocenters. The van der Waals surface area contributed by atoms with Crippen molar-refractivity contribution >= 4 is 17.3 Å². The Hall–Kier alpha value is -3.45. The second-order valence-corrected chi connectivity index (χ2v) is 5.95. The van der Waals surface area contributed by atoms with E-state index in [1.54, 1.807) is 0 Å². The number of nitrogens with one attached hydrogen (secondary N) is 1. The van der Waals surface area contributed by atoms with Gasteiger partial charge < -0.3 is 20.5 Å². The number of halogens is 1. The van der Waals surface area contributed by atoms with Gasteiger partial charge in [0.1, 0.15) is 18.2 Å². The molecule has 0 aliphatic heterocycles. The third kappa shape index (κ3) is 5.28. The minimum absolute atomic E-state index is 0.140. The van der Waals surface area contributed by atoms with Gasteiger partial charge in [0.2, 0.25) is 0 Å². The molecule has 28 heavy (non-hydrogen) atoms. The molecule has 3 aromatic rings. The molecule has 1 heterocycles. The summed E-state index contributed by atoms with van der Waals surface area (Å²) in [6.07, 6.45) is 2.89. The van der Waals surface area contributed by atoms with Crippen molar-refractivity contribution in [2.24, 2.45) is 0 Å². The van der Waals surface area contributed by atoms with Gasteiger partial charge in [-0.05, 0) is 29.8 Å². The SMILES string of the molecule is Nc1cnccc1NC(=O)c1cc(OCCOCc2ccccc2)ccc1F. The van der Waals surface area contributed by atoms with E-state index in [2.05, 4.69) is 10.3 Å². The number of nitrogens with zero attached hydrogens (tertiary/aromatic N) is 1. The van der Waals surface area contributed by atoms with Crippen LogP contribution in [-0.2, 0) is 11.3 Å². The van der Waals surface area contributed by atoms with Gasteiger partial charge in [0, 0.05) is 6.20 Å². The van der Waals surface area contributed by atoms with Crippen molar-refractivity contribution < 1.29 is 18.7 Å². The van der Waals surface area contributed by atoms with Gasteiger partial charge in [-0.2, -0.15) is 0 Å². The van der Waals surface area contributed by atoms with Crippen molar-refractivity contribution in [1.29, 1.82) is 0 Å². The maximum Gasteiger partial charge on any atom is 0.258 e. The van der Waals surface area contributed by atoms with E-state index >= 15 is 0 Å². The molecule has 0 aliphatic carbocycles. The van der Waals surface area contributed by atoms with E-state index in [-0.39, 0.29) is 12.2 Å². The summed E-state index contributed by atoms with van der Waals surface area (Å²) in [6, 6.07) is 15.3. The fourth-order valence-corrected chi connectivity index (χ4v) is 2.46. The van der Waals surface area contributed by atoms with Gasteiger partial charge in [-0.3, -0.25) is 9.78 Å². The van der Waals surface area contributed by atoms with Crippen LogP contribution >= 0.6 is 0 Å². The molecule has 0 spiro atoms. The third-order valence-electron chi connectivity index (χ3n) is 3.89. The van der Waals surface area contributed by atoms with E-state index in [0.29, 0.717) is 30.3 Å². The molecule has 1 amide bonds. The van der Waals surface area contributed by atoms with E-state index in [1.165, 1.54) is 36.7 Å². The van der Waals surface area contributed by atoms with Gasteiger partial charge in [-0.25, -0.2) is 4.39 Å². The number of hydrogen-bond acceptors (Lipinski definition) is 5. The maximum absolute atomic E-state index is 14.1. The van der Waals surface area contributed by atoms with Crippen LogP contribution in [0.15, 0.2) is 67.0 Å². The molecule has 1 aromatic heterocycles. The number of nitrogens with two attached hydrogens (primary N) is 1. The van der Waals surface area contributed by atoms with Crippen molar-refractivity contribution in [3.63, 3.8) is 0 Å². The van der Waals surface area contributed by atoms with E-state index < -0.39 is 11.7 Å². The quantitative estimate of drug-likeness (QED) is 0.582. The molecule has 7 heteroatoms. The van der Waals surface area contributed by atoms with Crippen LogP contribution < -0.4 is 15.8 Å². The lowest BCUT2D eigenvalue weighted by Gasteiger charge is -2.11. The number of benzene rings is 2. The highest BCUT2D eigenvalue weighted by Crippen LogP contribution is 2.21. The number of hydrogen-bond donors (Lipinski definition) is 2. The summed E-state index contributed by atoms with van der Waals surface area (Å²) < 4.78 is 25.2. The molecule has 3 N–H and O–H groups in total. The molecule has 0 atom stereocenters. The first-order valence-electron chi connectivity index (χ1n) is 8.68. The van der Waals surface area contributed by atoms with Crippen LogP contribution in [0.2, 0.25) is 0 Å². The van der Waals surface area contributed by atoms with Crippen LogP contribution in [0.3, 0.4) is 0 Å². The Morgan fingerprint density at radius 2 is 1.93 bits per heavy atom. The molecule has 6 nitrogen and oxygen atoms in total. The first kappa shape index (κ1) is 19.3. The molecular formula is C21H20FN3O3. The van der Waals surface area contributed by atoms with Crippen LogP contribution in [0.5, 0.6) is 5.75 Å². The Balaban J connectivity index is 1.54. The minimum Gasteiger partial charge on any atom is -0.491 e. The number of carbonyl (C=O) groups is 1. The first-order valence-corrected chi connectivity index (χ1v) is 8.68. The summed E-state index contributed by atoms with van der Waals surface area (Å²) in [6.45, 7) is 1.12. The molecule has 144 valence electrons. The summed E-state index contributed by atoms with van der Waals surface area (Å²) in [5.74, 6) is -0.906. The van der Waals surface area contributed by atoms with Gasteiger partial charge in [-0.1, -0.05) is 30.3 Å². The standard InChI is InChI=1S/C21H20FN3O3/c22-18-7-6-16(28-11-10-27-14-15-4-2-1-3-5-15)12-17(18)21(26)25-20-8-9-24-13-19(20)23/h1-9,12-13H,10-11,14,23H2,(H,24,25,26). The summed E-state index contributed by atoms with van der Waals surface area (Å²) in [4.78, 5) is 16.2. The molecule has 0 bridgehead atoms. The summed E-state index contributed by atoms with van der Waals surface area (Å²) >= 11 is 0. The average Bonchev–Trinajstić information content (AvgIpc) is 2.71. The predicted octanol–water partition coefficient (Wildman–Crippen LogP) is 3.65. The van der Waals surface area contributed by atoms with Gasteiger partial charge in [0.05, 0.1) is 36.3 Å². The average molecular weight is 381 g/mol. The zero-order chi connectivity index (χ0) is 19.8. The second-order valence-electron chi connectivity index (χ2n) is 5.95. The summed E-state index contributed by atoms with van der Waals surface area (Å²) in [5, 5.41) is 2.56. The lowest BCUT2D eigenvalue weighted by molar-refractivity contribution is 0.0888. The van der Waals surface area contributed by atoms with Crippen LogP contribution in [0.4, 0.5) is 15.8 Å². The largest absolute Gasteiger partial charge is 0.491 e. The molecule has 0 saturated heterocycles. The molecule has 0 radical (unpaired) electrons. The topological polar surface area (TPSA) is 86.5 Å². The fourth-order valence-electron chi connectivity index (χ4n) is 2.46. The number of anilines is 2. The Morgan fingerprint density at radius 1 is 1.11 bits per heavy atom. The normalized spacial score (nSPS) is 10.5. The number of amides is 1. The van der Waals surface area contributed by atoms with Gasteiger partial charge >= 0.3 is 0 Å². The molecule has 3 rings (SSSR count). The van der Waals surface area contributed by atoms with E-state index in [0.717, 1.165) is 5.56 Å². The molecule has 2 aromatic carbocycles. The van der Waals surface area contributed by atoms with Crippen LogP contribution in [0, 0.1) is 5.82 Å². The number of carbonyl (C=O) groups excluding carboxylic acids is 1. The van der Waals surface area contributed by atoms with Gasteiger partial charge in [0.25, 0.3) is 5.91 Å². The van der Waals surface area contributed by atoms with Gasteiger partial charge in [-0.15, -0.1) is 0 Å². The zero-order valence-corrected chi connectivity index (χ0v) is 15.1. The molecule has 0 aliphatic rings. The van der Waals surface area contributed by atoms with Crippen molar-refractivity contribution in [2.45, 2.75) is 6.61 Å². The highest BCUT2D eigenvalue weighted by atomic mass is 19.1. The van der Waals surface area contributed by atoms with E-state index in [1.807, 2.05) is 30.3 Å². The smallest absolute Gasteiger partial charge is 0.258 e. The number of rotatable bonds is 8. The number of nitrogen functional groups attached to an aromatic ring is 1.